The van der Waals surface area contributed by atoms with Crippen molar-refractivity contribution in [3.8, 4) is 11.5 Å². The lowest BCUT2D eigenvalue weighted by Crippen LogP contribution is -2.45. The molecule has 0 aliphatic carbocycles. The Morgan fingerprint density at radius 2 is 1.80 bits per heavy atom. The van der Waals surface area contributed by atoms with Gasteiger partial charge in [0.2, 0.25) is 11.8 Å². The molecule has 10 heteroatoms. The first kappa shape index (κ1) is 24.1. The Hall–Kier alpha value is -4.08. The molecule has 2 heterocycles. The van der Waals surface area contributed by atoms with E-state index >= 15 is 0 Å². The molecule has 3 N–H and O–H groups in total. The molecule has 0 radical (unpaired) electrons. The van der Waals surface area contributed by atoms with Gasteiger partial charge in [0, 0.05) is 25.9 Å². The van der Waals surface area contributed by atoms with Crippen LogP contribution in [0.1, 0.15) is 30.9 Å². The van der Waals surface area contributed by atoms with Gasteiger partial charge in [0.05, 0.1) is 13.2 Å². The van der Waals surface area contributed by atoms with Gasteiger partial charge in [-0.05, 0) is 30.2 Å². The monoisotopic (exact) mass is 480 g/mol. The van der Waals surface area contributed by atoms with Gasteiger partial charge in [-0.15, -0.1) is 0 Å². The summed E-state index contributed by atoms with van der Waals surface area (Å²) in [6.45, 7) is 2.44. The normalized spacial score (nSPS) is 19.2. The van der Waals surface area contributed by atoms with Crippen molar-refractivity contribution >= 4 is 23.8 Å². The van der Waals surface area contributed by atoms with Gasteiger partial charge in [-0.25, -0.2) is 4.79 Å². The molecule has 0 aromatic heterocycles. The molecule has 10 nitrogen and oxygen atoms in total. The van der Waals surface area contributed by atoms with Gasteiger partial charge in [0.1, 0.15) is 12.1 Å². The number of rotatable bonds is 8. The van der Waals surface area contributed by atoms with Crippen LogP contribution in [-0.2, 0) is 26.5 Å². The molecule has 0 bridgehead atoms. The van der Waals surface area contributed by atoms with Gasteiger partial charge in [0.25, 0.3) is 5.91 Å². The minimum atomic E-state index is -1.38. The van der Waals surface area contributed by atoms with Crippen LogP contribution < -0.4 is 20.5 Å². The van der Waals surface area contributed by atoms with Crippen LogP contribution >= 0.6 is 0 Å². The zero-order chi connectivity index (χ0) is 25.0. The van der Waals surface area contributed by atoms with E-state index in [4.69, 9.17) is 15.2 Å². The van der Waals surface area contributed by atoms with Crippen molar-refractivity contribution in [1.82, 2.24) is 15.1 Å². The van der Waals surface area contributed by atoms with E-state index in [0.717, 1.165) is 16.9 Å². The van der Waals surface area contributed by atoms with E-state index in [1.54, 1.807) is 25.1 Å². The maximum atomic E-state index is 13.4. The smallest absolute Gasteiger partial charge is 0.325 e. The van der Waals surface area contributed by atoms with Crippen LogP contribution in [0.5, 0.6) is 11.5 Å². The Balaban J connectivity index is 1.52. The van der Waals surface area contributed by atoms with Crippen molar-refractivity contribution in [3.05, 3.63) is 59.7 Å². The highest BCUT2D eigenvalue weighted by atomic mass is 16.5. The summed E-state index contributed by atoms with van der Waals surface area (Å²) in [6.07, 6.45) is 0.704. The molecule has 4 rings (SSSR count). The zero-order valence-corrected chi connectivity index (χ0v) is 19.5. The number of benzene rings is 2. The second kappa shape index (κ2) is 10.0. The van der Waals surface area contributed by atoms with E-state index in [0.29, 0.717) is 30.3 Å². The molecule has 2 aromatic rings. The number of amides is 5. The molecule has 184 valence electrons. The average molecular weight is 481 g/mol. The molecule has 1 unspecified atom stereocenters. The summed E-state index contributed by atoms with van der Waals surface area (Å²) in [5, 5.41) is 2.71. The fourth-order valence-corrected chi connectivity index (χ4v) is 4.09. The van der Waals surface area contributed by atoms with Gasteiger partial charge >= 0.3 is 6.03 Å². The maximum absolute atomic E-state index is 13.4. The fraction of sp³-hybridized carbons (Fsp3) is 0.360. The van der Waals surface area contributed by atoms with Crippen molar-refractivity contribution in [2.45, 2.75) is 31.8 Å². The molecular weight excluding hydrogens is 452 g/mol. The summed E-state index contributed by atoms with van der Waals surface area (Å²) >= 11 is 0. The lowest BCUT2D eigenvalue weighted by Gasteiger charge is -2.25. The van der Waals surface area contributed by atoms with Crippen LogP contribution in [0.2, 0.25) is 0 Å². The molecule has 1 atom stereocenters. The van der Waals surface area contributed by atoms with Gasteiger partial charge in [-0.2, -0.15) is 0 Å². The standard InChI is InChI=1S/C25H28N4O6/c1-25(18-8-9-19-20(14-18)35-13-5-12-34-19)23(32)29(24(33)27-25)16-22(31)28(11-10-21(26)30)15-17-6-3-2-4-7-17/h2-4,6-9,14H,5,10-13,15-16H2,1H3,(H2,26,30)(H,27,33). The second-order valence-electron chi connectivity index (χ2n) is 8.68. The van der Waals surface area contributed by atoms with Crippen LogP contribution in [0.3, 0.4) is 0 Å². The average Bonchev–Trinajstić information content (AvgIpc) is 3.00. The Bertz CT molecular complexity index is 1140. The third-order valence-electron chi connectivity index (χ3n) is 6.09. The fourth-order valence-electron chi connectivity index (χ4n) is 4.09. The van der Waals surface area contributed by atoms with Gasteiger partial charge in [0.15, 0.2) is 11.5 Å². The number of nitrogens with two attached hydrogens (primary N) is 1. The zero-order valence-electron chi connectivity index (χ0n) is 19.5. The number of carbonyl (C=O) groups excluding carboxylic acids is 4. The van der Waals surface area contributed by atoms with Gasteiger partial charge in [-0.1, -0.05) is 36.4 Å². The SMILES string of the molecule is CC1(c2ccc3c(c2)OCCCO3)NC(=O)N(CC(=O)N(CCC(N)=O)Cc2ccccc2)C1=O. The van der Waals surface area contributed by atoms with Gasteiger partial charge in [-0.3, -0.25) is 19.3 Å². The molecule has 1 saturated heterocycles. The molecule has 35 heavy (non-hydrogen) atoms. The highest BCUT2D eigenvalue weighted by molar-refractivity contribution is 6.09. The highest BCUT2D eigenvalue weighted by Crippen LogP contribution is 2.36. The summed E-state index contributed by atoms with van der Waals surface area (Å²) in [4.78, 5) is 53.0. The topological polar surface area (TPSA) is 131 Å². The van der Waals surface area contributed by atoms with Crippen LogP contribution in [0.15, 0.2) is 48.5 Å². The largest absolute Gasteiger partial charge is 0.490 e. The third-order valence-corrected chi connectivity index (χ3v) is 6.09. The molecule has 1 fully saturated rings. The van der Waals surface area contributed by atoms with E-state index in [1.807, 2.05) is 30.3 Å². The van der Waals surface area contributed by atoms with Crippen molar-refractivity contribution < 1.29 is 28.7 Å². The van der Waals surface area contributed by atoms with Crippen molar-refractivity contribution in [1.29, 1.82) is 0 Å². The van der Waals surface area contributed by atoms with Crippen molar-refractivity contribution in [2.75, 3.05) is 26.3 Å². The number of nitrogens with zero attached hydrogens (tertiary/aromatic N) is 2. The maximum Gasteiger partial charge on any atom is 0.325 e. The molecule has 2 aliphatic heterocycles. The number of nitrogens with one attached hydrogen (secondary N) is 1. The lowest BCUT2D eigenvalue weighted by molar-refractivity contribution is -0.139. The summed E-state index contributed by atoms with van der Waals surface area (Å²) in [5.41, 5.74) is 5.27. The Kier molecular flexibility index (Phi) is 6.90. The molecular formula is C25H28N4O6. The van der Waals surface area contributed by atoms with Gasteiger partial charge < -0.3 is 25.4 Å². The summed E-state index contributed by atoms with van der Waals surface area (Å²) < 4.78 is 11.4. The minimum absolute atomic E-state index is 0.0341. The highest BCUT2D eigenvalue weighted by Gasteiger charge is 2.50. The van der Waals surface area contributed by atoms with E-state index in [1.165, 1.54) is 4.90 Å². The molecule has 2 aliphatic rings. The Morgan fingerprint density at radius 3 is 2.51 bits per heavy atom. The first-order chi connectivity index (χ1) is 16.8. The second-order valence-corrected chi connectivity index (χ2v) is 8.68. The predicted molar refractivity (Wildman–Crippen MR) is 125 cm³/mol. The molecule has 0 saturated carbocycles. The third kappa shape index (κ3) is 5.21. The first-order valence-corrected chi connectivity index (χ1v) is 11.4. The molecule has 0 spiro atoms. The number of primary amides is 1. The summed E-state index contributed by atoms with van der Waals surface area (Å²) in [7, 11) is 0. The predicted octanol–water partition coefficient (Wildman–Crippen LogP) is 1.52. The van der Waals surface area contributed by atoms with E-state index in [2.05, 4.69) is 5.32 Å². The number of imide groups is 1. The van der Waals surface area contributed by atoms with Crippen molar-refractivity contribution in [3.63, 3.8) is 0 Å². The number of hydrogen-bond donors (Lipinski definition) is 2. The first-order valence-electron chi connectivity index (χ1n) is 11.4. The molecule has 2 aromatic carbocycles. The van der Waals surface area contributed by atoms with Crippen LogP contribution in [0.25, 0.3) is 0 Å². The number of hydrogen-bond acceptors (Lipinski definition) is 6. The summed E-state index contributed by atoms with van der Waals surface area (Å²) in [6, 6.07) is 13.6. The quantitative estimate of drug-likeness (QED) is 0.551. The molecule has 5 amide bonds. The Morgan fingerprint density at radius 1 is 1.09 bits per heavy atom. The van der Waals surface area contributed by atoms with Crippen molar-refractivity contribution in [2.24, 2.45) is 5.73 Å². The lowest BCUT2D eigenvalue weighted by atomic mass is 9.91. The number of fused-ring (bicyclic) bond motifs is 1. The number of urea groups is 1. The van der Waals surface area contributed by atoms with E-state index in [9.17, 15) is 19.2 Å². The summed E-state index contributed by atoms with van der Waals surface area (Å²) in [5.74, 6) is -0.503. The minimum Gasteiger partial charge on any atom is -0.490 e. The van der Waals surface area contributed by atoms with E-state index in [-0.39, 0.29) is 19.5 Å². The van der Waals surface area contributed by atoms with Crippen LogP contribution in [0.4, 0.5) is 4.79 Å². The number of carbonyl (C=O) groups is 4. The number of ether oxygens (including phenoxy) is 2. The Labute approximate surface area is 203 Å². The van der Waals surface area contributed by atoms with E-state index < -0.39 is 35.8 Å². The van der Waals surface area contributed by atoms with Crippen LogP contribution in [0, 0.1) is 0 Å². The van der Waals surface area contributed by atoms with Crippen LogP contribution in [-0.4, -0.2) is 59.9 Å².